The highest BCUT2D eigenvalue weighted by atomic mass is 35.5. The Bertz CT molecular complexity index is 643. The molecule has 3 nitrogen and oxygen atoms in total. The number of unbranched alkanes of at least 4 members (excludes halogenated alkanes) is 4. The molecule has 0 aliphatic heterocycles. The van der Waals surface area contributed by atoms with Crippen molar-refractivity contribution < 1.29 is 9.47 Å². The molecular weight excluding hydrogens is 358 g/mol. The fourth-order valence-electron chi connectivity index (χ4n) is 2.87. The third-order valence-corrected chi connectivity index (χ3v) is 4.53. The highest BCUT2D eigenvalue weighted by Gasteiger charge is 2.06. The summed E-state index contributed by atoms with van der Waals surface area (Å²) in [4.78, 5) is 0. The van der Waals surface area contributed by atoms with E-state index in [9.17, 15) is 0 Å². The number of hydrogen-bond donors (Lipinski definition) is 1. The van der Waals surface area contributed by atoms with Crippen LogP contribution in [0.3, 0.4) is 0 Å². The molecule has 0 saturated heterocycles. The topological polar surface area (TPSA) is 30.5 Å². The first kappa shape index (κ1) is 23.3. The van der Waals surface area contributed by atoms with Gasteiger partial charge in [-0.3, -0.25) is 0 Å². The third-order valence-electron chi connectivity index (χ3n) is 4.53. The number of rotatable bonds is 12. The van der Waals surface area contributed by atoms with Crippen LogP contribution in [0, 0.1) is 6.92 Å². The van der Waals surface area contributed by atoms with Crippen LogP contribution in [0.15, 0.2) is 42.5 Å². The van der Waals surface area contributed by atoms with Gasteiger partial charge in [-0.1, -0.05) is 68.5 Å². The fraction of sp³-hybridized carbons (Fsp3) is 0.478. The lowest BCUT2D eigenvalue weighted by molar-refractivity contribution is 0.284. The molecule has 4 heteroatoms. The van der Waals surface area contributed by atoms with E-state index in [-0.39, 0.29) is 12.4 Å². The van der Waals surface area contributed by atoms with Crippen molar-refractivity contribution in [2.75, 3.05) is 13.7 Å². The Balaban J connectivity index is 0.00000364. The predicted octanol–water partition coefficient (Wildman–Crippen LogP) is 6.06. The maximum atomic E-state index is 5.94. The highest BCUT2D eigenvalue weighted by Crippen LogP contribution is 2.28. The van der Waals surface area contributed by atoms with E-state index in [1.807, 2.05) is 6.07 Å². The van der Waals surface area contributed by atoms with Gasteiger partial charge in [0.15, 0.2) is 11.5 Å². The SMILES string of the molecule is CCCCCCCNCc1ccc(OCc2ccc(C)cc2)c(OC)c1.Cl. The van der Waals surface area contributed by atoms with Crippen LogP contribution in [0.1, 0.15) is 55.7 Å². The number of ether oxygens (including phenoxy) is 2. The quantitative estimate of drug-likeness (QED) is 0.446. The summed E-state index contributed by atoms with van der Waals surface area (Å²) in [6, 6.07) is 14.6. The Kier molecular flexibility index (Phi) is 11.6. The van der Waals surface area contributed by atoms with Gasteiger partial charge in [0.2, 0.25) is 0 Å². The van der Waals surface area contributed by atoms with E-state index in [0.717, 1.165) is 30.2 Å². The first-order valence-electron chi connectivity index (χ1n) is 9.79. The van der Waals surface area contributed by atoms with E-state index in [4.69, 9.17) is 9.47 Å². The zero-order chi connectivity index (χ0) is 18.6. The van der Waals surface area contributed by atoms with Crippen molar-refractivity contribution in [3.05, 3.63) is 59.2 Å². The lowest BCUT2D eigenvalue weighted by atomic mass is 10.1. The van der Waals surface area contributed by atoms with Gasteiger partial charge in [0.1, 0.15) is 6.61 Å². The summed E-state index contributed by atoms with van der Waals surface area (Å²) >= 11 is 0. The molecule has 0 fully saturated rings. The van der Waals surface area contributed by atoms with Crippen molar-refractivity contribution in [3.63, 3.8) is 0 Å². The smallest absolute Gasteiger partial charge is 0.161 e. The van der Waals surface area contributed by atoms with Crippen molar-refractivity contribution in [2.45, 2.75) is 59.1 Å². The van der Waals surface area contributed by atoms with Crippen LogP contribution in [0.25, 0.3) is 0 Å². The molecule has 0 bridgehead atoms. The largest absolute Gasteiger partial charge is 0.493 e. The van der Waals surface area contributed by atoms with Crippen LogP contribution in [0.5, 0.6) is 11.5 Å². The van der Waals surface area contributed by atoms with Gasteiger partial charge in [0.05, 0.1) is 7.11 Å². The third kappa shape index (κ3) is 8.68. The van der Waals surface area contributed by atoms with Gasteiger partial charge in [-0.15, -0.1) is 12.4 Å². The summed E-state index contributed by atoms with van der Waals surface area (Å²) in [6.45, 7) is 6.82. The Morgan fingerprint density at radius 3 is 2.26 bits per heavy atom. The second-order valence-corrected chi connectivity index (χ2v) is 6.85. The predicted molar refractivity (Wildman–Crippen MR) is 116 cm³/mol. The lowest BCUT2D eigenvalue weighted by Crippen LogP contribution is -2.14. The van der Waals surface area contributed by atoms with Crippen molar-refractivity contribution in [1.82, 2.24) is 5.32 Å². The normalized spacial score (nSPS) is 10.3. The second kappa shape index (κ2) is 13.5. The van der Waals surface area contributed by atoms with Crippen LogP contribution >= 0.6 is 12.4 Å². The molecule has 0 amide bonds. The summed E-state index contributed by atoms with van der Waals surface area (Å²) in [7, 11) is 1.69. The fourth-order valence-corrected chi connectivity index (χ4v) is 2.87. The van der Waals surface area contributed by atoms with Crippen molar-refractivity contribution in [2.24, 2.45) is 0 Å². The van der Waals surface area contributed by atoms with E-state index in [1.165, 1.54) is 43.2 Å². The van der Waals surface area contributed by atoms with Gasteiger partial charge in [0, 0.05) is 6.54 Å². The van der Waals surface area contributed by atoms with Gasteiger partial charge in [0.25, 0.3) is 0 Å². The highest BCUT2D eigenvalue weighted by molar-refractivity contribution is 5.85. The summed E-state index contributed by atoms with van der Waals surface area (Å²) in [6.07, 6.45) is 6.55. The van der Waals surface area contributed by atoms with E-state index in [1.54, 1.807) is 7.11 Å². The Hall–Kier alpha value is -1.71. The van der Waals surface area contributed by atoms with Gasteiger partial charge in [-0.05, 0) is 43.1 Å². The summed E-state index contributed by atoms with van der Waals surface area (Å²) in [5, 5.41) is 3.52. The number of hydrogen-bond acceptors (Lipinski definition) is 3. The molecular formula is C23H34ClNO2. The molecule has 0 saturated carbocycles. The van der Waals surface area contributed by atoms with E-state index in [0.29, 0.717) is 6.61 Å². The maximum absolute atomic E-state index is 5.94. The van der Waals surface area contributed by atoms with Crippen LogP contribution in [-0.2, 0) is 13.2 Å². The van der Waals surface area contributed by atoms with E-state index >= 15 is 0 Å². The Morgan fingerprint density at radius 2 is 1.56 bits per heavy atom. The number of methoxy groups -OCH3 is 1. The van der Waals surface area contributed by atoms with Gasteiger partial charge in [-0.2, -0.15) is 0 Å². The maximum Gasteiger partial charge on any atom is 0.161 e. The number of benzene rings is 2. The summed E-state index contributed by atoms with van der Waals surface area (Å²) in [5.74, 6) is 1.58. The molecule has 1 N–H and O–H groups in total. The molecule has 2 aromatic carbocycles. The molecule has 0 spiro atoms. The van der Waals surface area contributed by atoms with Gasteiger partial charge < -0.3 is 14.8 Å². The van der Waals surface area contributed by atoms with Crippen LogP contribution in [0.2, 0.25) is 0 Å². The van der Waals surface area contributed by atoms with Crippen molar-refractivity contribution >= 4 is 12.4 Å². The van der Waals surface area contributed by atoms with Crippen LogP contribution < -0.4 is 14.8 Å². The first-order chi connectivity index (χ1) is 12.7. The monoisotopic (exact) mass is 391 g/mol. The second-order valence-electron chi connectivity index (χ2n) is 6.85. The first-order valence-corrected chi connectivity index (χ1v) is 9.79. The Labute approximate surface area is 170 Å². The molecule has 0 aromatic heterocycles. The van der Waals surface area contributed by atoms with Crippen LogP contribution in [-0.4, -0.2) is 13.7 Å². The molecule has 0 radical (unpaired) electrons. The minimum Gasteiger partial charge on any atom is -0.493 e. The molecule has 0 aliphatic rings. The molecule has 0 heterocycles. The van der Waals surface area contributed by atoms with Crippen molar-refractivity contribution in [3.8, 4) is 11.5 Å². The molecule has 0 atom stereocenters. The average molecular weight is 392 g/mol. The lowest BCUT2D eigenvalue weighted by Gasteiger charge is -2.13. The molecule has 27 heavy (non-hydrogen) atoms. The molecule has 2 aromatic rings. The van der Waals surface area contributed by atoms with E-state index in [2.05, 4.69) is 55.6 Å². The standard InChI is InChI=1S/C23H33NO2.ClH/c1-4-5-6-7-8-15-24-17-21-13-14-22(23(16-21)25-3)26-18-20-11-9-19(2)10-12-20;/h9-14,16,24H,4-8,15,17-18H2,1-3H3;1H. The number of aryl methyl sites for hydroxylation is 1. The molecule has 2 rings (SSSR count). The average Bonchev–Trinajstić information content (AvgIpc) is 2.67. The van der Waals surface area contributed by atoms with E-state index < -0.39 is 0 Å². The van der Waals surface area contributed by atoms with Gasteiger partial charge >= 0.3 is 0 Å². The molecule has 0 unspecified atom stereocenters. The Morgan fingerprint density at radius 1 is 0.852 bits per heavy atom. The minimum atomic E-state index is 0. The van der Waals surface area contributed by atoms with Crippen molar-refractivity contribution in [1.29, 1.82) is 0 Å². The summed E-state index contributed by atoms with van der Waals surface area (Å²) < 4.78 is 11.5. The number of halogens is 1. The van der Waals surface area contributed by atoms with Gasteiger partial charge in [-0.25, -0.2) is 0 Å². The zero-order valence-corrected chi connectivity index (χ0v) is 17.7. The summed E-state index contributed by atoms with van der Waals surface area (Å²) in [5.41, 5.74) is 3.64. The van der Waals surface area contributed by atoms with Crippen LogP contribution in [0.4, 0.5) is 0 Å². The number of nitrogens with one attached hydrogen (secondary N) is 1. The zero-order valence-electron chi connectivity index (χ0n) is 16.9. The molecule has 0 aliphatic carbocycles. The molecule has 150 valence electrons. The minimum absolute atomic E-state index is 0.